The van der Waals surface area contributed by atoms with Crippen molar-refractivity contribution in [2.75, 3.05) is 22.6 Å². The molecular formula is C8H14N6O2S2. The molecule has 1 atom stereocenters. The predicted molar refractivity (Wildman–Crippen MR) is 71.8 cm³/mol. The summed E-state index contributed by atoms with van der Waals surface area (Å²) >= 11 is 5.08. The second-order valence-corrected chi connectivity index (χ2v) is 7.12. The van der Waals surface area contributed by atoms with Crippen LogP contribution in [-0.4, -0.2) is 45.8 Å². The van der Waals surface area contributed by atoms with Gasteiger partial charge >= 0.3 is 0 Å². The van der Waals surface area contributed by atoms with Crippen molar-refractivity contribution in [3.63, 3.8) is 0 Å². The molecule has 1 saturated heterocycles. The molecule has 0 radical (unpaired) electrons. The van der Waals surface area contributed by atoms with Crippen LogP contribution in [0.15, 0.2) is 0 Å². The Hall–Kier alpha value is -1.42. The number of nitrogen functional groups attached to an aromatic ring is 1. The van der Waals surface area contributed by atoms with Gasteiger partial charge in [-0.15, -0.1) is 5.10 Å². The molecule has 18 heavy (non-hydrogen) atoms. The summed E-state index contributed by atoms with van der Waals surface area (Å²) in [6, 6.07) is 0. The number of nitrogens with zero attached hydrogens (tertiary/aromatic N) is 2. The van der Waals surface area contributed by atoms with Gasteiger partial charge in [-0.25, -0.2) is 13.5 Å². The first-order chi connectivity index (χ1) is 8.28. The van der Waals surface area contributed by atoms with Gasteiger partial charge in [-0.05, 0) is 25.6 Å². The summed E-state index contributed by atoms with van der Waals surface area (Å²) in [4.78, 5) is 3.83. The Kier molecular flexibility index (Phi) is 3.15. The van der Waals surface area contributed by atoms with Crippen molar-refractivity contribution in [3.8, 4) is 0 Å². The van der Waals surface area contributed by atoms with Crippen LogP contribution in [0.3, 0.4) is 0 Å². The van der Waals surface area contributed by atoms with Crippen molar-refractivity contribution in [3.05, 3.63) is 0 Å². The Balaban J connectivity index is 1.96. The lowest BCUT2D eigenvalue weighted by atomic mass is 10.0. The minimum atomic E-state index is -2.98. The lowest BCUT2D eigenvalue weighted by molar-refractivity contribution is 0.474. The number of H-pyrrole nitrogens is 1. The van der Waals surface area contributed by atoms with Crippen molar-refractivity contribution < 1.29 is 8.42 Å². The predicted octanol–water partition coefficient (Wildman–Crippen LogP) is -0.749. The molecule has 0 aromatic carbocycles. The minimum absolute atomic E-state index is 0.0674. The number of thiocarbonyl (C=S) groups is 1. The largest absolute Gasteiger partial charge is 0.368 e. The highest BCUT2D eigenvalue weighted by Gasteiger charge is 2.38. The Morgan fingerprint density at radius 3 is 2.83 bits per heavy atom. The summed E-state index contributed by atoms with van der Waals surface area (Å²) in [5.41, 5.74) is 4.82. The molecule has 10 heteroatoms. The van der Waals surface area contributed by atoms with Gasteiger partial charge in [0, 0.05) is 0 Å². The van der Waals surface area contributed by atoms with Crippen LogP contribution in [0.25, 0.3) is 0 Å². The van der Waals surface area contributed by atoms with E-state index < -0.39 is 15.4 Å². The Morgan fingerprint density at radius 1 is 1.61 bits per heavy atom. The van der Waals surface area contributed by atoms with Crippen molar-refractivity contribution in [1.82, 2.24) is 20.5 Å². The van der Waals surface area contributed by atoms with E-state index in [0.29, 0.717) is 6.42 Å². The molecule has 1 aromatic rings. The Labute approximate surface area is 110 Å². The molecule has 1 aliphatic heterocycles. The summed E-state index contributed by atoms with van der Waals surface area (Å²) in [6.45, 7) is 1.82. The molecule has 0 unspecified atom stereocenters. The standard InChI is InChI=1S/C8H14N6O2S2/c1-8(2-3-18(15,16)4-8)12-7(17)11-6-10-5(9)13-14-6/h2-4H2,1H3,(H5,9,10,11,12,13,14,17)/t8-/m1/s1. The summed E-state index contributed by atoms with van der Waals surface area (Å²) in [5, 5.41) is 12.2. The van der Waals surface area contributed by atoms with Gasteiger partial charge in [-0.1, -0.05) is 0 Å². The first-order valence-electron chi connectivity index (χ1n) is 5.26. The monoisotopic (exact) mass is 290 g/mol. The van der Waals surface area contributed by atoms with E-state index in [0.717, 1.165) is 0 Å². The van der Waals surface area contributed by atoms with Crippen LogP contribution >= 0.6 is 12.2 Å². The fraction of sp³-hybridized carbons (Fsp3) is 0.625. The first kappa shape index (κ1) is 13.0. The van der Waals surface area contributed by atoms with E-state index in [9.17, 15) is 8.42 Å². The lowest BCUT2D eigenvalue weighted by Gasteiger charge is -2.25. The zero-order valence-corrected chi connectivity index (χ0v) is 11.4. The second kappa shape index (κ2) is 4.35. The fourth-order valence-corrected chi connectivity index (χ4v) is 4.28. The van der Waals surface area contributed by atoms with Gasteiger partial charge in [0.25, 0.3) is 0 Å². The third kappa shape index (κ3) is 3.07. The number of anilines is 2. The topological polar surface area (TPSA) is 126 Å². The molecule has 2 heterocycles. The number of hydrogen-bond acceptors (Lipinski definition) is 6. The molecule has 1 aromatic heterocycles. The van der Waals surface area contributed by atoms with E-state index in [-0.39, 0.29) is 28.5 Å². The zero-order valence-electron chi connectivity index (χ0n) is 9.73. The Bertz CT molecular complexity index is 568. The van der Waals surface area contributed by atoms with Gasteiger partial charge in [0.15, 0.2) is 14.9 Å². The lowest BCUT2D eigenvalue weighted by Crippen LogP contribution is -2.48. The molecule has 2 rings (SSSR count). The van der Waals surface area contributed by atoms with E-state index in [1.165, 1.54) is 0 Å². The van der Waals surface area contributed by atoms with Crippen molar-refractivity contribution in [1.29, 1.82) is 0 Å². The van der Waals surface area contributed by atoms with Crippen LogP contribution in [0.2, 0.25) is 0 Å². The minimum Gasteiger partial charge on any atom is -0.368 e. The number of aromatic amines is 1. The quantitative estimate of drug-likeness (QED) is 0.524. The second-order valence-electron chi connectivity index (χ2n) is 4.53. The molecule has 0 bridgehead atoms. The summed E-state index contributed by atoms with van der Waals surface area (Å²) in [6.07, 6.45) is 0.521. The maximum absolute atomic E-state index is 11.4. The average molecular weight is 290 g/mol. The number of hydrogen-bond donors (Lipinski definition) is 4. The SMILES string of the molecule is C[C@@]1(NC(=S)Nc2n[nH]c(N)n2)CCS(=O)(=O)C1. The Morgan fingerprint density at radius 2 is 2.33 bits per heavy atom. The van der Waals surface area contributed by atoms with E-state index in [2.05, 4.69) is 25.8 Å². The number of sulfone groups is 1. The summed E-state index contributed by atoms with van der Waals surface area (Å²) in [7, 11) is -2.98. The zero-order chi connectivity index (χ0) is 13.4. The number of nitrogens with one attached hydrogen (secondary N) is 3. The molecule has 100 valence electrons. The smallest absolute Gasteiger partial charge is 0.249 e. The number of rotatable bonds is 2. The van der Waals surface area contributed by atoms with Crippen LogP contribution in [-0.2, 0) is 9.84 Å². The van der Waals surface area contributed by atoms with Crippen molar-refractivity contribution in [2.45, 2.75) is 18.9 Å². The van der Waals surface area contributed by atoms with Crippen LogP contribution < -0.4 is 16.4 Å². The van der Waals surface area contributed by atoms with E-state index in [1.807, 2.05) is 6.92 Å². The van der Waals surface area contributed by atoms with Crippen molar-refractivity contribution >= 4 is 39.1 Å². The van der Waals surface area contributed by atoms with Crippen LogP contribution in [0.1, 0.15) is 13.3 Å². The highest BCUT2D eigenvalue weighted by atomic mass is 32.2. The maximum Gasteiger partial charge on any atom is 0.249 e. The molecule has 1 aliphatic rings. The number of aromatic nitrogens is 3. The molecule has 0 amide bonds. The molecule has 0 spiro atoms. The normalized spacial score (nSPS) is 25.8. The number of nitrogens with two attached hydrogens (primary N) is 1. The van der Waals surface area contributed by atoms with E-state index in [1.54, 1.807) is 0 Å². The molecular weight excluding hydrogens is 276 g/mol. The van der Waals surface area contributed by atoms with Gasteiger partial charge < -0.3 is 11.1 Å². The summed E-state index contributed by atoms with van der Waals surface area (Å²) < 4.78 is 22.9. The summed E-state index contributed by atoms with van der Waals surface area (Å²) in [5.74, 6) is 0.661. The van der Waals surface area contributed by atoms with Crippen LogP contribution in [0.5, 0.6) is 0 Å². The fourth-order valence-electron chi connectivity index (χ4n) is 1.85. The molecule has 5 N–H and O–H groups in total. The molecule has 0 aliphatic carbocycles. The third-order valence-electron chi connectivity index (χ3n) is 2.65. The van der Waals surface area contributed by atoms with Gasteiger partial charge in [0.1, 0.15) is 0 Å². The van der Waals surface area contributed by atoms with Gasteiger partial charge in [-0.2, -0.15) is 4.98 Å². The van der Waals surface area contributed by atoms with Crippen LogP contribution in [0.4, 0.5) is 11.9 Å². The first-order valence-corrected chi connectivity index (χ1v) is 7.48. The molecule has 1 fully saturated rings. The molecule has 8 nitrogen and oxygen atoms in total. The highest BCUT2D eigenvalue weighted by molar-refractivity contribution is 7.91. The maximum atomic E-state index is 11.4. The van der Waals surface area contributed by atoms with Crippen molar-refractivity contribution in [2.24, 2.45) is 0 Å². The van der Waals surface area contributed by atoms with Crippen LogP contribution in [0, 0.1) is 0 Å². The van der Waals surface area contributed by atoms with Gasteiger partial charge in [0.05, 0.1) is 17.0 Å². The highest BCUT2D eigenvalue weighted by Crippen LogP contribution is 2.22. The van der Waals surface area contributed by atoms with E-state index in [4.69, 9.17) is 18.0 Å². The van der Waals surface area contributed by atoms with E-state index >= 15 is 0 Å². The van der Waals surface area contributed by atoms with Gasteiger partial charge in [0.2, 0.25) is 11.9 Å². The average Bonchev–Trinajstić information content (AvgIpc) is 2.70. The molecule has 0 saturated carbocycles. The van der Waals surface area contributed by atoms with Gasteiger partial charge in [-0.3, -0.25) is 5.32 Å². The third-order valence-corrected chi connectivity index (χ3v) is 4.75.